The van der Waals surface area contributed by atoms with Crippen molar-refractivity contribution in [3.63, 3.8) is 0 Å². The van der Waals surface area contributed by atoms with Crippen LogP contribution in [0.5, 0.6) is 5.75 Å². The number of nitrogens with one attached hydrogen (secondary N) is 2. The van der Waals surface area contributed by atoms with Crippen LogP contribution in [-0.4, -0.2) is 69.2 Å². The number of amides is 3. The molecule has 194 valence electrons. The zero-order valence-electron chi connectivity index (χ0n) is 20.9. The molecule has 2 aromatic carbocycles. The van der Waals surface area contributed by atoms with Gasteiger partial charge in [0.1, 0.15) is 0 Å². The van der Waals surface area contributed by atoms with E-state index >= 15 is 0 Å². The highest BCUT2D eigenvalue weighted by Gasteiger charge is 2.24. The molecule has 2 aromatic rings. The van der Waals surface area contributed by atoms with Gasteiger partial charge in [-0.1, -0.05) is 12.1 Å². The first-order valence-corrected chi connectivity index (χ1v) is 11.7. The molecule has 0 spiro atoms. The second-order valence-electron chi connectivity index (χ2n) is 8.24. The molecule has 1 fully saturated rings. The number of methoxy groups -OCH3 is 1. The van der Waals surface area contributed by atoms with Crippen LogP contribution in [0.4, 0.5) is 10.1 Å². The fourth-order valence-corrected chi connectivity index (χ4v) is 3.85. The summed E-state index contributed by atoms with van der Waals surface area (Å²) in [6, 6.07) is 11.1. The molecular formula is C27H30FN5O4. The van der Waals surface area contributed by atoms with E-state index < -0.39 is 11.7 Å². The van der Waals surface area contributed by atoms with Gasteiger partial charge < -0.3 is 25.2 Å². The van der Waals surface area contributed by atoms with Gasteiger partial charge in [0.25, 0.3) is 11.8 Å². The maximum atomic E-state index is 13.6. The van der Waals surface area contributed by atoms with E-state index in [4.69, 9.17) is 4.74 Å². The molecule has 0 aliphatic carbocycles. The van der Waals surface area contributed by atoms with Crippen molar-refractivity contribution in [1.82, 2.24) is 15.5 Å². The minimum absolute atomic E-state index is 0.0444. The fraction of sp³-hybridized carbons (Fsp3) is 0.259. The average Bonchev–Trinajstić information content (AvgIpc) is 2.92. The lowest BCUT2D eigenvalue weighted by atomic mass is 10.1. The summed E-state index contributed by atoms with van der Waals surface area (Å²) in [6.07, 6.45) is 4.93. The van der Waals surface area contributed by atoms with Gasteiger partial charge in [-0.3, -0.25) is 19.4 Å². The predicted molar refractivity (Wildman–Crippen MR) is 140 cm³/mol. The largest absolute Gasteiger partial charge is 0.494 e. The molecule has 1 aliphatic heterocycles. The van der Waals surface area contributed by atoms with Gasteiger partial charge in [0.05, 0.1) is 19.2 Å². The normalized spacial score (nSPS) is 13.9. The van der Waals surface area contributed by atoms with Crippen molar-refractivity contribution >= 4 is 30.1 Å². The highest BCUT2D eigenvalue weighted by Crippen LogP contribution is 2.22. The highest BCUT2D eigenvalue weighted by molar-refractivity contribution is 6.00. The van der Waals surface area contributed by atoms with E-state index in [1.165, 1.54) is 25.4 Å². The van der Waals surface area contributed by atoms with E-state index in [0.29, 0.717) is 37.4 Å². The number of rotatable bonds is 9. The van der Waals surface area contributed by atoms with E-state index in [9.17, 15) is 18.8 Å². The van der Waals surface area contributed by atoms with Crippen LogP contribution in [0.1, 0.15) is 27.6 Å². The molecule has 3 amide bonds. The lowest BCUT2D eigenvalue weighted by Crippen LogP contribution is -2.51. The van der Waals surface area contributed by atoms with Crippen LogP contribution < -0.4 is 20.3 Å². The van der Waals surface area contributed by atoms with E-state index in [0.717, 1.165) is 11.8 Å². The van der Waals surface area contributed by atoms with Crippen LogP contribution in [0.2, 0.25) is 0 Å². The summed E-state index contributed by atoms with van der Waals surface area (Å²) in [5.41, 5.74) is 2.17. The number of allylic oxidation sites excluding steroid dienone is 3. The number of hydrogen-bond acceptors (Lipinski definition) is 6. The maximum Gasteiger partial charge on any atom is 0.257 e. The van der Waals surface area contributed by atoms with E-state index in [2.05, 4.69) is 27.2 Å². The Balaban J connectivity index is 1.56. The standard InChI is InChI=1S/C27H30FN5O4/c1-19(7-6-12-29-2)31-27(36)21-8-4-5-9-23(21)32-13-15-33(16-14-32)25(34)18-30-26(35)20-10-11-22(28)24(17-20)37-3/h4-12,17H,2,13-16,18H2,1,3H3,(H,30,35)(H,31,36). The van der Waals surface area contributed by atoms with Crippen molar-refractivity contribution in [1.29, 1.82) is 0 Å². The Bertz CT molecular complexity index is 1220. The number of nitrogens with zero attached hydrogens (tertiary/aromatic N) is 3. The molecule has 0 saturated carbocycles. The molecule has 0 aromatic heterocycles. The van der Waals surface area contributed by atoms with Crippen molar-refractivity contribution in [2.45, 2.75) is 6.92 Å². The van der Waals surface area contributed by atoms with Gasteiger partial charge in [0.15, 0.2) is 11.6 Å². The summed E-state index contributed by atoms with van der Waals surface area (Å²) in [7, 11) is 1.31. The first-order valence-electron chi connectivity index (χ1n) is 11.7. The zero-order valence-corrected chi connectivity index (χ0v) is 20.9. The molecule has 0 atom stereocenters. The van der Waals surface area contributed by atoms with Gasteiger partial charge in [-0.2, -0.15) is 0 Å². The number of para-hydroxylation sites is 1. The molecule has 10 heteroatoms. The number of benzene rings is 2. The average molecular weight is 508 g/mol. The number of anilines is 1. The quantitative estimate of drug-likeness (QED) is 0.401. The minimum Gasteiger partial charge on any atom is -0.494 e. The topological polar surface area (TPSA) is 103 Å². The summed E-state index contributed by atoms with van der Waals surface area (Å²) < 4.78 is 18.5. The highest BCUT2D eigenvalue weighted by atomic mass is 19.1. The lowest BCUT2D eigenvalue weighted by Gasteiger charge is -2.37. The Morgan fingerprint density at radius 1 is 1.11 bits per heavy atom. The van der Waals surface area contributed by atoms with Crippen molar-refractivity contribution in [3.05, 3.63) is 83.5 Å². The first kappa shape index (κ1) is 27.1. The van der Waals surface area contributed by atoms with Gasteiger partial charge in [0.2, 0.25) is 5.91 Å². The second kappa shape index (κ2) is 13.0. The Labute approximate surface area is 215 Å². The summed E-state index contributed by atoms with van der Waals surface area (Å²) in [4.78, 5) is 45.3. The number of hydrogen-bond donors (Lipinski definition) is 2. The lowest BCUT2D eigenvalue weighted by molar-refractivity contribution is -0.130. The summed E-state index contributed by atoms with van der Waals surface area (Å²) in [5, 5.41) is 5.44. The maximum absolute atomic E-state index is 13.6. The molecule has 1 heterocycles. The second-order valence-corrected chi connectivity index (χ2v) is 8.24. The number of halogens is 1. The number of aliphatic imine (C=N–C) groups is 1. The van der Waals surface area contributed by atoms with Gasteiger partial charge in [-0.05, 0) is 56.1 Å². The van der Waals surface area contributed by atoms with Crippen LogP contribution in [0, 0.1) is 5.82 Å². The summed E-state index contributed by atoms with van der Waals surface area (Å²) >= 11 is 0. The predicted octanol–water partition coefficient (Wildman–Crippen LogP) is 2.76. The third kappa shape index (κ3) is 7.26. The van der Waals surface area contributed by atoms with Crippen molar-refractivity contribution in [2.75, 3.05) is 44.7 Å². The van der Waals surface area contributed by atoms with Gasteiger partial charge in [0, 0.05) is 49.3 Å². The van der Waals surface area contributed by atoms with Crippen LogP contribution in [0.15, 0.2) is 71.5 Å². The number of piperazine rings is 1. The van der Waals surface area contributed by atoms with E-state index in [1.807, 2.05) is 12.1 Å². The zero-order chi connectivity index (χ0) is 26.8. The SMILES string of the molecule is C=NC=CC=C(C)NC(=O)c1ccccc1N1CCN(C(=O)CNC(=O)c2ccc(F)c(OC)c2)CC1. The van der Waals surface area contributed by atoms with Crippen molar-refractivity contribution < 1.29 is 23.5 Å². The van der Waals surface area contributed by atoms with E-state index in [-0.39, 0.29) is 29.7 Å². The molecule has 0 bridgehead atoms. The summed E-state index contributed by atoms with van der Waals surface area (Å²) in [6.45, 7) is 6.90. The van der Waals surface area contributed by atoms with Gasteiger partial charge >= 0.3 is 0 Å². The summed E-state index contributed by atoms with van der Waals surface area (Å²) in [5.74, 6) is -1.57. The van der Waals surface area contributed by atoms with Crippen LogP contribution in [-0.2, 0) is 4.79 Å². The molecular weight excluding hydrogens is 477 g/mol. The number of carbonyl (C=O) groups is 3. The van der Waals surface area contributed by atoms with Crippen LogP contribution in [0.3, 0.4) is 0 Å². The smallest absolute Gasteiger partial charge is 0.257 e. The fourth-order valence-electron chi connectivity index (χ4n) is 3.85. The Kier molecular flexibility index (Phi) is 9.54. The third-order valence-electron chi connectivity index (χ3n) is 5.78. The molecule has 2 N–H and O–H groups in total. The minimum atomic E-state index is -0.572. The Morgan fingerprint density at radius 2 is 1.84 bits per heavy atom. The van der Waals surface area contributed by atoms with Crippen molar-refractivity contribution in [3.8, 4) is 5.75 Å². The molecule has 0 unspecified atom stereocenters. The molecule has 9 nitrogen and oxygen atoms in total. The Hall–Kier alpha value is -4.47. The van der Waals surface area contributed by atoms with Crippen LogP contribution in [0.25, 0.3) is 0 Å². The van der Waals surface area contributed by atoms with Gasteiger partial charge in [-0.25, -0.2) is 4.39 Å². The number of ether oxygens (including phenoxy) is 1. The first-order chi connectivity index (χ1) is 17.8. The third-order valence-corrected chi connectivity index (χ3v) is 5.78. The number of carbonyl (C=O) groups excluding carboxylic acids is 3. The van der Waals surface area contributed by atoms with E-state index in [1.54, 1.807) is 36.1 Å². The molecule has 37 heavy (non-hydrogen) atoms. The monoisotopic (exact) mass is 507 g/mol. The van der Waals surface area contributed by atoms with Gasteiger partial charge in [-0.15, -0.1) is 0 Å². The molecule has 1 saturated heterocycles. The Morgan fingerprint density at radius 3 is 2.54 bits per heavy atom. The van der Waals surface area contributed by atoms with Crippen molar-refractivity contribution in [2.24, 2.45) is 4.99 Å². The van der Waals surface area contributed by atoms with Crippen LogP contribution >= 0.6 is 0 Å². The molecule has 0 radical (unpaired) electrons. The molecule has 3 rings (SSSR count). The molecule has 1 aliphatic rings.